The van der Waals surface area contributed by atoms with Gasteiger partial charge in [0.05, 0.1) is 36.3 Å². The second-order valence-corrected chi connectivity index (χ2v) is 10.2. The number of nitrogens with zero attached hydrogens (tertiary/aromatic N) is 5. The van der Waals surface area contributed by atoms with Crippen LogP contribution in [0.15, 0.2) is 18.2 Å². The smallest absolute Gasteiger partial charge is 0.275 e. The van der Waals surface area contributed by atoms with Crippen LogP contribution in [-0.4, -0.2) is 45.6 Å². The molecule has 0 radical (unpaired) electrons. The van der Waals surface area contributed by atoms with Gasteiger partial charge in [0, 0.05) is 11.6 Å². The molecule has 7 rings (SSSR count). The molecule has 36 heavy (non-hydrogen) atoms. The van der Waals surface area contributed by atoms with Crippen molar-refractivity contribution in [1.82, 2.24) is 14.9 Å². The normalized spacial score (nSPS) is 29.5. The highest BCUT2D eigenvalue weighted by Crippen LogP contribution is 2.67. The molecule has 9 nitrogen and oxygen atoms in total. The first-order valence-corrected chi connectivity index (χ1v) is 11.8. The second-order valence-electron chi connectivity index (χ2n) is 10.2. The molecule has 2 aromatic rings. The molecule has 2 bridgehead atoms. The van der Waals surface area contributed by atoms with Gasteiger partial charge in [-0.1, -0.05) is 0 Å². The number of benzene rings is 1. The van der Waals surface area contributed by atoms with E-state index in [0.717, 1.165) is 16.7 Å². The quantitative estimate of drug-likeness (QED) is 0.627. The zero-order chi connectivity index (χ0) is 25.2. The average molecular weight is 487 g/mol. The predicted octanol–water partition coefficient (Wildman–Crippen LogP) is 4.10. The summed E-state index contributed by atoms with van der Waals surface area (Å²) in [4.78, 5) is 23.7. The van der Waals surface area contributed by atoms with Crippen molar-refractivity contribution in [2.75, 3.05) is 18.5 Å². The third-order valence-corrected chi connectivity index (χ3v) is 7.41. The molecule has 0 unspecified atom stereocenters. The van der Waals surface area contributed by atoms with Gasteiger partial charge in [0.15, 0.2) is 6.23 Å². The summed E-state index contributed by atoms with van der Waals surface area (Å²) in [5, 5.41) is 21.5. The number of nitrogens with one attached hydrogen (secondary N) is 1. The van der Waals surface area contributed by atoms with E-state index in [2.05, 4.69) is 21.4 Å². The summed E-state index contributed by atoms with van der Waals surface area (Å²) in [6.07, 6.45) is 3.14. The summed E-state index contributed by atoms with van der Waals surface area (Å²) >= 11 is 0. The number of carbonyl (C=O) groups is 1. The molecule has 182 valence electrons. The van der Waals surface area contributed by atoms with Crippen LogP contribution in [0, 0.1) is 41.9 Å². The van der Waals surface area contributed by atoms with Crippen LogP contribution in [0.4, 0.5) is 10.3 Å². The van der Waals surface area contributed by atoms with Crippen molar-refractivity contribution in [3.05, 3.63) is 46.2 Å². The molecule has 1 aromatic heterocycles. The van der Waals surface area contributed by atoms with Gasteiger partial charge in [0.1, 0.15) is 17.6 Å². The number of alkyl halides is 1. The lowest BCUT2D eigenvalue weighted by molar-refractivity contribution is -0.103. The minimum Gasteiger partial charge on any atom is -0.438 e. The Balaban J connectivity index is 1.39. The monoisotopic (exact) mass is 486 g/mol. The van der Waals surface area contributed by atoms with Gasteiger partial charge in [-0.25, -0.2) is 9.37 Å². The fraction of sp³-hybridized carbons (Fsp3) is 0.423. The van der Waals surface area contributed by atoms with E-state index in [1.165, 1.54) is 11.0 Å². The fourth-order valence-corrected chi connectivity index (χ4v) is 5.93. The van der Waals surface area contributed by atoms with Crippen LogP contribution in [0.25, 0.3) is 6.08 Å². The lowest BCUT2D eigenvalue weighted by Gasteiger charge is -2.66. The van der Waals surface area contributed by atoms with Crippen LogP contribution < -0.4 is 10.1 Å². The molecule has 1 amide bonds. The van der Waals surface area contributed by atoms with Crippen LogP contribution in [0.1, 0.15) is 58.2 Å². The number of ether oxygens (including phenoxy) is 2. The maximum Gasteiger partial charge on any atom is 0.275 e. The number of amides is 1. The Kier molecular flexibility index (Phi) is 4.83. The molecular formula is C26H23FN6O3. The third-order valence-electron chi connectivity index (χ3n) is 7.41. The maximum atomic E-state index is 14.1. The zero-order valence-corrected chi connectivity index (χ0v) is 19.8. The van der Waals surface area contributed by atoms with Crippen molar-refractivity contribution in [3.8, 4) is 23.8 Å². The fourth-order valence-electron chi connectivity index (χ4n) is 5.93. The van der Waals surface area contributed by atoms with E-state index in [1.54, 1.807) is 6.08 Å². The van der Waals surface area contributed by atoms with Crippen molar-refractivity contribution in [1.29, 1.82) is 10.5 Å². The lowest BCUT2D eigenvalue weighted by atomic mass is 9.40. The molecule has 0 spiro atoms. The Morgan fingerprint density at radius 2 is 1.97 bits per heavy atom. The second kappa shape index (κ2) is 7.74. The highest BCUT2D eigenvalue weighted by Gasteiger charge is 2.69. The molecule has 1 N–H and O–H groups in total. The molecule has 3 heterocycles. The van der Waals surface area contributed by atoms with Crippen molar-refractivity contribution in [3.63, 3.8) is 0 Å². The van der Waals surface area contributed by atoms with Gasteiger partial charge in [-0.3, -0.25) is 4.79 Å². The topological polar surface area (TPSA) is 124 Å². The number of nitriles is 2. The Morgan fingerprint density at radius 3 is 2.64 bits per heavy atom. The molecule has 3 saturated carbocycles. The number of anilines is 1. The summed E-state index contributed by atoms with van der Waals surface area (Å²) in [5.74, 6) is 0.553. The summed E-state index contributed by atoms with van der Waals surface area (Å²) < 4.78 is 26.1. The largest absolute Gasteiger partial charge is 0.438 e. The van der Waals surface area contributed by atoms with Gasteiger partial charge >= 0.3 is 0 Å². The number of rotatable bonds is 5. The number of aryl methyl sites for hydroxylation is 2. The van der Waals surface area contributed by atoms with E-state index in [1.807, 2.05) is 32.0 Å². The molecule has 3 aliphatic carbocycles. The number of hydrogen-bond donors (Lipinski definition) is 1. The number of allylic oxidation sites excluding steroid dienone is 1. The molecule has 5 aliphatic rings. The van der Waals surface area contributed by atoms with Crippen LogP contribution in [-0.2, 0) is 4.74 Å². The maximum absolute atomic E-state index is 14.1. The summed E-state index contributed by atoms with van der Waals surface area (Å²) in [5.41, 5.74) is 2.49. The van der Waals surface area contributed by atoms with Crippen molar-refractivity contribution < 1.29 is 18.7 Å². The molecule has 2 atom stereocenters. The van der Waals surface area contributed by atoms with E-state index in [-0.39, 0.29) is 41.6 Å². The number of fused-ring (bicyclic) bond motifs is 3. The van der Waals surface area contributed by atoms with Gasteiger partial charge in [-0.15, -0.1) is 0 Å². The van der Waals surface area contributed by atoms with Crippen LogP contribution in [0.2, 0.25) is 0 Å². The van der Waals surface area contributed by atoms with Crippen molar-refractivity contribution in [2.45, 2.75) is 51.0 Å². The van der Waals surface area contributed by atoms with E-state index >= 15 is 0 Å². The molecule has 10 heteroatoms. The minimum atomic E-state index is -1.28. The van der Waals surface area contributed by atoms with Gasteiger partial charge in [-0.05, 0) is 68.0 Å². The third kappa shape index (κ3) is 3.33. The van der Waals surface area contributed by atoms with Crippen LogP contribution >= 0.6 is 0 Å². The van der Waals surface area contributed by atoms with Crippen LogP contribution in [0.3, 0.4) is 0 Å². The summed E-state index contributed by atoms with van der Waals surface area (Å²) in [6, 6.07) is 8.14. The van der Waals surface area contributed by atoms with E-state index in [9.17, 15) is 14.4 Å². The van der Waals surface area contributed by atoms with Crippen LogP contribution in [0.5, 0.6) is 11.6 Å². The highest BCUT2D eigenvalue weighted by atomic mass is 19.1. The summed E-state index contributed by atoms with van der Waals surface area (Å²) in [7, 11) is 0. The highest BCUT2D eigenvalue weighted by molar-refractivity contribution is 5.98. The number of aromatic nitrogens is 2. The zero-order valence-electron chi connectivity index (χ0n) is 19.8. The minimum absolute atomic E-state index is 0.0886. The Labute approximate surface area is 207 Å². The van der Waals surface area contributed by atoms with Gasteiger partial charge in [0.25, 0.3) is 5.91 Å². The standard InChI is InChI=1S/C26H23FN6O3/c1-14-6-16(4-3-5-28)7-15(2)20(14)36-21-18-19(22(34)33-8-17(27)9-35-23(18)33)30-24(31-21)32-26-10-25(11-26,12-26)13-29/h3-4,6-7,17,23H,8-12H2,1-2H3,(H,30,31,32)/b4-3+/t17-,23-,25?,26?/m1/s1. The first-order valence-electron chi connectivity index (χ1n) is 11.8. The number of hydrogen-bond acceptors (Lipinski definition) is 8. The van der Waals surface area contributed by atoms with Gasteiger partial charge in [0.2, 0.25) is 11.8 Å². The molecule has 4 fully saturated rings. The van der Waals surface area contributed by atoms with Crippen molar-refractivity contribution >= 4 is 17.9 Å². The van der Waals surface area contributed by atoms with E-state index in [0.29, 0.717) is 30.6 Å². The van der Waals surface area contributed by atoms with E-state index in [4.69, 9.17) is 14.7 Å². The first-order chi connectivity index (χ1) is 17.3. The molecule has 2 aliphatic heterocycles. The average Bonchev–Trinajstić information content (AvgIpc) is 3.07. The Hall–Kier alpha value is -4.02. The SMILES string of the molecule is Cc1cc(/C=C/C#N)cc(C)c1Oc1nc(NC23CC(C#N)(C2)C3)nc2c1[C@H]1OC[C@H](F)CN1C2=O. The van der Waals surface area contributed by atoms with Gasteiger partial charge < -0.3 is 19.7 Å². The molecular weight excluding hydrogens is 463 g/mol. The van der Waals surface area contributed by atoms with E-state index < -0.39 is 18.3 Å². The molecule has 1 saturated heterocycles. The lowest BCUT2D eigenvalue weighted by Crippen LogP contribution is -2.70. The Morgan fingerprint density at radius 1 is 1.25 bits per heavy atom. The number of halogens is 1. The van der Waals surface area contributed by atoms with Gasteiger partial charge in [-0.2, -0.15) is 15.5 Å². The first kappa shape index (κ1) is 22.4. The molecule has 1 aromatic carbocycles. The Bertz CT molecular complexity index is 1380. The van der Waals surface area contributed by atoms with Crippen molar-refractivity contribution in [2.24, 2.45) is 5.41 Å². The predicted molar refractivity (Wildman–Crippen MR) is 126 cm³/mol. The summed E-state index contributed by atoms with van der Waals surface area (Å²) in [6.45, 7) is 3.55. The number of carbonyl (C=O) groups excluding carboxylic acids is 1.